The summed E-state index contributed by atoms with van der Waals surface area (Å²) < 4.78 is 6.94. The zero-order valence-corrected chi connectivity index (χ0v) is 17.8. The fourth-order valence-corrected chi connectivity index (χ4v) is 4.37. The molecule has 0 spiro atoms. The Hall–Kier alpha value is -4.19. The number of phenols is 1. The summed E-state index contributed by atoms with van der Waals surface area (Å²) in [6.07, 6.45) is 1.95. The third-order valence-electron chi connectivity index (χ3n) is 5.89. The van der Waals surface area contributed by atoms with Crippen molar-refractivity contribution in [1.29, 1.82) is 0 Å². The Morgan fingerprint density at radius 1 is 1.00 bits per heavy atom. The first kappa shape index (κ1) is 19.8. The third kappa shape index (κ3) is 3.17. The molecule has 6 heteroatoms. The topological polar surface area (TPSA) is 83.0 Å². The second-order valence-electron chi connectivity index (χ2n) is 7.78. The first-order chi connectivity index (χ1) is 15.6. The molecule has 160 valence electrons. The van der Waals surface area contributed by atoms with Crippen LogP contribution < -0.4 is 10.3 Å². The van der Waals surface area contributed by atoms with Crippen molar-refractivity contribution in [3.63, 3.8) is 0 Å². The van der Waals surface area contributed by atoms with E-state index in [9.17, 15) is 9.90 Å². The summed E-state index contributed by atoms with van der Waals surface area (Å²) in [5.41, 5.74) is 4.91. The van der Waals surface area contributed by atoms with Crippen LogP contribution >= 0.6 is 0 Å². The largest absolute Gasteiger partial charge is 0.504 e. The Labute approximate surface area is 184 Å². The maximum atomic E-state index is 13.7. The number of rotatable bonds is 5. The molecule has 3 N–H and O–H groups in total. The van der Waals surface area contributed by atoms with E-state index in [4.69, 9.17) is 4.74 Å². The van der Waals surface area contributed by atoms with Crippen LogP contribution in [0.4, 0.5) is 0 Å². The summed E-state index contributed by atoms with van der Waals surface area (Å²) in [7, 11) is 1.52. The number of hydrogen-bond acceptors (Lipinski definition) is 3. The van der Waals surface area contributed by atoms with E-state index in [1.807, 2.05) is 73.8 Å². The molecule has 0 saturated carbocycles. The van der Waals surface area contributed by atoms with E-state index >= 15 is 0 Å². The zero-order valence-electron chi connectivity index (χ0n) is 17.8. The molecule has 1 atom stereocenters. The lowest BCUT2D eigenvalue weighted by atomic mass is 9.85. The predicted octanol–water partition coefficient (Wildman–Crippen LogP) is 4.85. The number of H-pyrrole nitrogens is 2. The lowest BCUT2D eigenvalue weighted by Crippen LogP contribution is -2.20. The highest BCUT2D eigenvalue weighted by molar-refractivity contribution is 5.85. The molecule has 6 nitrogen and oxygen atoms in total. The van der Waals surface area contributed by atoms with Crippen molar-refractivity contribution in [3.05, 3.63) is 112 Å². The molecule has 0 bridgehead atoms. The fourth-order valence-electron chi connectivity index (χ4n) is 4.37. The summed E-state index contributed by atoms with van der Waals surface area (Å²) in [6, 6.07) is 22.8. The van der Waals surface area contributed by atoms with E-state index in [2.05, 4.69) is 10.1 Å². The standard InChI is InChI=1S/C26H23N3O3/c1-16-24(26(31)29(28-16)18-8-4-3-5-9-18)25(17-12-13-22(30)23(14-17)32-2)20-15-27-21-11-7-6-10-19(20)21/h3-15,25,27-28,30H,1-2H3. The molecule has 3 aromatic carbocycles. The highest BCUT2D eigenvalue weighted by Crippen LogP contribution is 2.39. The summed E-state index contributed by atoms with van der Waals surface area (Å²) in [6.45, 7) is 1.91. The number of methoxy groups -OCH3 is 1. The smallest absolute Gasteiger partial charge is 0.275 e. The number of aromatic amines is 2. The van der Waals surface area contributed by atoms with Gasteiger partial charge in [0.15, 0.2) is 11.5 Å². The van der Waals surface area contributed by atoms with Gasteiger partial charge in [0.25, 0.3) is 5.56 Å². The second-order valence-corrected chi connectivity index (χ2v) is 7.78. The molecule has 0 aliphatic heterocycles. The average Bonchev–Trinajstić information content (AvgIpc) is 3.37. The van der Waals surface area contributed by atoms with Crippen molar-refractivity contribution in [2.45, 2.75) is 12.8 Å². The highest BCUT2D eigenvalue weighted by Gasteiger charge is 2.28. The molecule has 0 radical (unpaired) electrons. The molecule has 0 saturated heterocycles. The van der Waals surface area contributed by atoms with Crippen molar-refractivity contribution in [2.24, 2.45) is 0 Å². The number of nitrogens with zero attached hydrogens (tertiary/aromatic N) is 1. The average molecular weight is 425 g/mol. The Bertz CT molecular complexity index is 1460. The van der Waals surface area contributed by atoms with E-state index in [-0.39, 0.29) is 17.2 Å². The van der Waals surface area contributed by atoms with Crippen LogP contribution in [0, 0.1) is 6.92 Å². The molecule has 0 aliphatic carbocycles. The van der Waals surface area contributed by atoms with Crippen LogP contribution in [-0.2, 0) is 0 Å². The fraction of sp³-hybridized carbons (Fsp3) is 0.115. The minimum absolute atomic E-state index is 0.0569. The van der Waals surface area contributed by atoms with Gasteiger partial charge < -0.3 is 14.8 Å². The Morgan fingerprint density at radius 3 is 2.53 bits per heavy atom. The first-order valence-corrected chi connectivity index (χ1v) is 10.4. The van der Waals surface area contributed by atoms with Gasteiger partial charge >= 0.3 is 0 Å². The van der Waals surface area contributed by atoms with Gasteiger partial charge in [-0.2, -0.15) is 0 Å². The monoisotopic (exact) mass is 425 g/mol. The second kappa shape index (κ2) is 7.81. The van der Waals surface area contributed by atoms with Gasteiger partial charge in [-0.15, -0.1) is 0 Å². The lowest BCUT2D eigenvalue weighted by Gasteiger charge is -2.18. The lowest BCUT2D eigenvalue weighted by molar-refractivity contribution is 0.373. The summed E-state index contributed by atoms with van der Waals surface area (Å²) in [5.74, 6) is 0.0553. The van der Waals surface area contributed by atoms with E-state index in [1.165, 1.54) is 7.11 Å². The zero-order chi connectivity index (χ0) is 22.2. The quantitative estimate of drug-likeness (QED) is 0.376. The molecule has 0 fully saturated rings. The minimum atomic E-state index is -0.366. The van der Waals surface area contributed by atoms with Crippen molar-refractivity contribution in [1.82, 2.24) is 14.8 Å². The molecule has 0 aliphatic rings. The first-order valence-electron chi connectivity index (χ1n) is 10.4. The summed E-state index contributed by atoms with van der Waals surface area (Å²) in [4.78, 5) is 17.0. The van der Waals surface area contributed by atoms with Gasteiger partial charge in [-0.3, -0.25) is 9.89 Å². The SMILES string of the molecule is COc1cc(C(c2c(C)[nH]n(-c3ccccc3)c2=O)c2c[nH]c3ccccc23)ccc1O. The van der Waals surface area contributed by atoms with Crippen LogP contribution in [0.15, 0.2) is 83.8 Å². The van der Waals surface area contributed by atoms with Crippen LogP contribution in [0.5, 0.6) is 11.5 Å². The molecule has 5 rings (SSSR count). The number of ether oxygens (including phenoxy) is 1. The number of fused-ring (bicyclic) bond motifs is 1. The van der Waals surface area contributed by atoms with E-state index in [0.717, 1.165) is 33.4 Å². The Kier molecular flexibility index (Phi) is 4.82. The van der Waals surface area contributed by atoms with E-state index in [0.29, 0.717) is 11.3 Å². The normalized spacial score (nSPS) is 12.2. The molecule has 1 unspecified atom stereocenters. The van der Waals surface area contributed by atoms with E-state index < -0.39 is 0 Å². The van der Waals surface area contributed by atoms with Crippen LogP contribution in [0.1, 0.15) is 28.3 Å². The number of phenolic OH excluding ortho intramolecular Hbond substituents is 1. The highest BCUT2D eigenvalue weighted by atomic mass is 16.5. The van der Waals surface area contributed by atoms with Gasteiger partial charge in [-0.25, -0.2) is 4.68 Å². The number of para-hydroxylation sites is 2. The predicted molar refractivity (Wildman–Crippen MR) is 125 cm³/mol. The van der Waals surface area contributed by atoms with Gasteiger partial charge in [0.2, 0.25) is 0 Å². The number of aryl methyl sites for hydroxylation is 1. The third-order valence-corrected chi connectivity index (χ3v) is 5.89. The maximum absolute atomic E-state index is 13.7. The van der Waals surface area contributed by atoms with Gasteiger partial charge in [0.05, 0.1) is 18.4 Å². The summed E-state index contributed by atoms with van der Waals surface area (Å²) in [5, 5.41) is 14.4. The van der Waals surface area contributed by atoms with Crippen LogP contribution in [-0.4, -0.2) is 27.0 Å². The van der Waals surface area contributed by atoms with E-state index in [1.54, 1.807) is 16.8 Å². The van der Waals surface area contributed by atoms with Gasteiger partial charge in [0.1, 0.15) is 0 Å². The molecule has 2 heterocycles. The number of aromatic nitrogens is 3. The Morgan fingerprint density at radius 2 is 1.75 bits per heavy atom. The molecule has 5 aromatic rings. The number of aromatic hydroxyl groups is 1. The van der Waals surface area contributed by atoms with Crippen LogP contribution in [0.3, 0.4) is 0 Å². The number of nitrogens with one attached hydrogen (secondary N) is 2. The van der Waals surface area contributed by atoms with Crippen molar-refractivity contribution < 1.29 is 9.84 Å². The van der Waals surface area contributed by atoms with Crippen molar-refractivity contribution in [2.75, 3.05) is 7.11 Å². The molecule has 2 aromatic heterocycles. The maximum Gasteiger partial charge on any atom is 0.275 e. The Balaban J connectivity index is 1.79. The van der Waals surface area contributed by atoms with Crippen molar-refractivity contribution >= 4 is 10.9 Å². The van der Waals surface area contributed by atoms with Gasteiger partial charge in [-0.05, 0) is 48.4 Å². The van der Waals surface area contributed by atoms with Crippen LogP contribution in [0.2, 0.25) is 0 Å². The molecular formula is C26H23N3O3. The van der Waals surface area contributed by atoms with Gasteiger partial charge in [0, 0.05) is 28.7 Å². The number of benzene rings is 3. The van der Waals surface area contributed by atoms with Crippen LogP contribution in [0.25, 0.3) is 16.6 Å². The summed E-state index contributed by atoms with van der Waals surface area (Å²) >= 11 is 0. The molecular weight excluding hydrogens is 402 g/mol. The molecule has 32 heavy (non-hydrogen) atoms. The van der Waals surface area contributed by atoms with Gasteiger partial charge in [-0.1, -0.05) is 42.5 Å². The van der Waals surface area contributed by atoms with Crippen molar-refractivity contribution in [3.8, 4) is 17.2 Å². The minimum Gasteiger partial charge on any atom is -0.504 e. The number of hydrogen-bond donors (Lipinski definition) is 3. The molecule has 0 amide bonds.